The van der Waals surface area contributed by atoms with Gasteiger partial charge in [-0.3, -0.25) is 0 Å². The molecule has 0 aromatic rings. The Bertz CT molecular complexity index is 196. The number of hydrogen-bond acceptors (Lipinski definition) is 0. The highest BCUT2D eigenvalue weighted by molar-refractivity contribution is 4.66. The fourth-order valence-electron chi connectivity index (χ4n) is 3.60. The van der Waals surface area contributed by atoms with Crippen molar-refractivity contribution >= 4 is 0 Å². The van der Waals surface area contributed by atoms with Crippen molar-refractivity contribution < 1.29 is 0 Å². The minimum atomic E-state index is 0.940. The Hall–Kier alpha value is 0. The monoisotopic (exact) mass is 310 g/mol. The largest absolute Gasteiger partial charge is 0.0654 e. The first-order valence-electron chi connectivity index (χ1n) is 10.8. The van der Waals surface area contributed by atoms with Gasteiger partial charge in [-0.25, -0.2) is 0 Å². The Morgan fingerprint density at radius 2 is 0.864 bits per heavy atom. The van der Waals surface area contributed by atoms with E-state index in [0.717, 1.165) is 11.8 Å². The third-order valence-corrected chi connectivity index (χ3v) is 5.56. The molecule has 0 amide bonds. The lowest BCUT2D eigenvalue weighted by molar-refractivity contribution is 0.288. The van der Waals surface area contributed by atoms with Crippen molar-refractivity contribution in [1.29, 1.82) is 0 Å². The van der Waals surface area contributed by atoms with Crippen LogP contribution in [0.1, 0.15) is 130 Å². The summed E-state index contributed by atoms with van der Waals surface area (Å²) in [7, 11) is 0. The molecule has 0 heteroatoms. The van der Waals surface area contributed by atoms with Crippen LogP contribution in [0.25, 0.3) is 0 Å². The van der Waals surface area contributed by atoms with E-state index in [9.17, 15) is 0 Å². The smallest absolute Gasteiger partial charge is 0.0389 e. The van der Waals surface area contributed by atoms with Gasteiger partial charge in [0.2, 0.25) is 0 Å². The zero-order valence-corrected chi connectivity index (χ0v) is 16.5. The summed E-state index contributed by atoms with van der Waals surface area (Å²) in [5, 5.41) is 0. The van der Waals surface area contributed by atoms with Crippen LogP contribution < -0.4 is 0 Å². The summed E-state index contributed by atoms with van der Waals surface area (Å²) in [4.78, 5) is 0. The van der Waals surface area contributed by atoms with E-state index in [-0.39, 0.29) is 0 Å². The molecule has 0 saturated carbocycles. The quantitative estimate of drug-likeness (QED) is 0.236. The van der Waals surface area contributed by atoms with E-state index in [1.165, 1.54) is 103 Å². The highest BCUT2D eigenvalue weighted by atomic mass is 14.2. The molecular formula is C22H46. The number of unbranched alkanes of at least 4 members (excludes halogenated alkanes) is 11. The molecule has 134 valence electrons. The number of hydrogen-bond donors (Lipinski definition) is 0. The van der Waals surface area contributed by atoms with Gasteiger partial charge >= 0.3 is 0 Å². The predicted molar refractivity (Wildman–Crippen MR) is 104 cm³/mol. The minimum Gasteiger partial charge on any atom is -0.0654 e. The molecule has 0 aromatic heterocycles. The van der Waals surface area contributed by atoms with Crippen molar-refractivity contribution in [2.24, 2.45) is 11.8 Å². The zero-order valence-electron chi connectivity index (χ0n) is 16.5. The van der Waals surface area contributed by atoms with Crippen LogP contribution in [-0.2, 0) is 0 Å². The average Bonchev–Trinajstić information content (AvgIpc) is 2.54. The van der Waals surface area contributed by atoms with Crippen molar-refractivity contribution in [3.8, 4) is 0 Å². The Morgan fingerprint density at radius 3 is 1.23 bits per heavy atom. The summed E-state index contributed by atoms with van der Waals surface area (Å²) < 4.78 is 0. The van der Waals surface area contributed by atoms with Crippen LogP contribution in [0.3, 0.4) is 0 Å². The van der Waals surface area contributed by atoms with Gasteiger partial charge in [0.1, 0.15) is 0 Å². The van der Waals surface area contributed by atoms with Crippen LogP contribution in [-0.4, -0.2) is 0 Å². The third-order valence-electron chi connectivity index (χ3n) is 5.56. The Balaban J connectivity index is 3.66. The summed E-state index contributed by atoms with van der Waals surface area (Å²) in [6.45, 7) is 9.48. The van der Waals surface area contributed by atoms with E-state index in [1.807, 2.05) is 0 Å². The summed E-state index contributed by atoms with van der Waals surface area (Å²) in [6, 6.07) is 0. The third kappa shape index (κ3) is 13.6. The molecule has 0 aliphatic heterocycles. The van der Waals surface area contributed by atoms with E-state index in [2.05, 4.69) is 27.7 Å². The standard InChI is InChI=1S/C22H46/c1-5-8-10-12-14-16-18-20-22(21(4)7-3)19-17-15-13-11-9-6-2/h21-22H,5-20H2,1-4H3. The van der Waals surface area contributed by atoms with Crippen molar-refractivity contribution in [1.82, 2.24) is 0 Å². The van der Waals surface area contributed by atoms with Gasteiger partial charge in [-0.05, 0) is 11.8 Å². The first kappa shape index (κ1) is 22.0. The molecule has 0 aliphatic carbocycles. The summed E-state index contributed by atoms with van der Waals surface area (Å²) in [6.07, 6.45) is 23.2. The summed E-state index contributed by atoms with van der Waals surface area (Å²) in [5.74, 6) is 1.95. The van der Waals surface area contributed by atoms with E-state index < -0.39 is 0 Å². The van der Waals surface area contributed by atoms with Crippen molar-refractivity contribution in [3.63, 3.8) is 0 Å². The minimum absolute atomic E-state index is 0.940. The van der Waals surface area contributed by atoms with Crippen LogP contribution in [0.4, 0.5) is 0 Å². The maximum Gasteiger partial charge on any atom is -0.0389 e. The Morgan fingerprint density at radius 1 is 0.500 bits per heavy atom. The summed E-state index contributed by atoms with van der Waals surface area (Å²) >= 11 is 0. The van der Waals surface area contributed by atoms with E-state index in [4.69, 9.17) is 0 Å². The molecule has 0 N–H and O–H groups in total. The second kappa shape index (κ2) is 17.4. The molecule has 0 aliphatic rings. The molecule has 22 heavy (non-hydrogen) atoms. The van der Waals surface area contributed by atoms with Crippen molar-refractivity contribution in [3.05, 3.63) is 0 Å². The second-order valence-electron chi connectivity index (χ2n) is 7.61. The highest BCUT2D eigenvalue weighted by Crippen LogP contribution is 2.27. The molecule has 0 bridgehead atoms. The molecule has 0 fully saturated rings. The van der Waals surface area contributed by atoms with E-state index in [0.29, 0.717) is 0 Å². The van der Waals surface area contributed by atoms with Crippen molar-refractivity contribution in [2.45, 2.75) is 130 Å². The summed E-state index contributed by atoms with van der Waals surface area (Å²) in [5.41, 5.74) is 0. The van der Waals surface area contributed by atoms with Gasteiger partial charge in [0.15, 0.2) is 0 Å². The topological polar surface area (TPSA) is 0 Å². The molecular weight excluding hydrogens is 264 g/mol. The molecule has 0 nitrogen and oxygen atoms in total. The first-order chi connectivity index (χ1) is 10.8. The van der Waals surface area contributed by atoms with E-state index >= 15 is 0 Å². The fourth-order valence-corrected chi connectivity index (χ4v) is 3.60. The Labute approximate surface area is 142 Å². The van der Waals surface area contributed by atoms with Crippen molar-refractivity contribution in [2.75, 3.05) is 0 Å². The van der Waals surface area contributed by atoms with Crippen LogP contribution in [0, 0.1) is 11.8 Å². The van der Waals surface area contributed by atoms with Gasteiger partial charge in [0, 0.05) is 0 Å². The maximum atomic E-state index is 2.49. The zero-order chi connectivity index (χ0) is 16.5. The van der Waals surface area contributed by atoms with Crippen LogP contribution in [0.5, 0.6) is 0 Å². The second-order valence-corrected chi connectivity index (χ2v) is 7.61. The molecule has 0 radical (unpaired) electrons. The SMILES string of the molecule is CCCCCCCCCC(CCCCCCCC)C(C)CC. The van der Waals surface area contributed by atoms with Crippen LogP contribution >= 0.6 is 0 Å². The molecule has 0 spiro atoms. The molecule has 0 heterocycles. The lowest BCUT2D eigenvalue weighted by Gasteiger charge is -2.23. The predicted octanol–water partition coefficient (Wildman–Crippen LogP) is 8.54. The molecule has 2 unspecified atom stereocenters. The molecule has 0 saturated heterocycles. The molecule has 0 rings (SSSR count). The van der Waals surface area contributed by atoms with Crippen LogP contribution in [0.15, 0.2) is 0 Å². The van der Waals surface area contributed by atoms with Gasteiger partial charge in [-0.15, -0.1) is 0 Å². The highest BCUT2D eigenvalue weighted by Gasteiger charge is 2.14. The van der Waals surface area contributed by atoms with Gasteiger partial charge in [0.05, 0.1) is 0 Å². The number of rotatable bonds is 17. The fraction of sp³-hybridized carbons (Fsp3) is 1.00. The van der Waals surface area contributed by atoms with Crippen LogP contribution in [0.2, 0.25) is 0 Å². The molecule has 2 atom stereocenters. The first-order valence-corrected chi connectivity index (χ1v) is 10.8. The van der Waals surface area contributed by atoms with Gasteiger partial charge < -0.3 is 0 Å². The lowest BCUT2D eigenvalue weighted by Crippen LogP contribution is -2.11. The lowest BCUT2D eigenvalue weighted by atomic mass is 9.83. The van der Waals surface area contributed by atoms with Gasteiger partial charge in [-0.1, -0.05) is 130 Å². The average molecular weight is 311 g/mol. The van der Waals surface area contributed by atoms with Gasteiger partial charge in [-0.2, -0.15) is 0 Å². The maximum absolute atomic E-state index is 2.49. The molecule has 0 aromatic carbocycles. The van der Waals surface area contributed by atoms with E-state index in [1.54, 1.807) is 0 Å². The normalized spacial score (nSPS) is 14.2. The van der Waals surface area contributed by atoms with Gasteiger partial charge in [0.25, 0.3) is 0 Å². The Kier molecular flexibility index (Phi) is 17.4.